The van der Waals surface area contributed by atoms with E-state index >= 15 is 0 Å². The summed E-state index contributed by atoms with van der Waals surface area (Å²) in [6.07, 6.45) is 0.580. The number of carbonyl (C=O) groups excluding carboxylic acids is 2. The number of rotatable bonds is 10. The highest BCUT2D eigenvalue weighted by Crippen LogP contribution is 2.29. The predicted octanol–water partition coefficient (Wildman–Crippen LogP) is 2.88. The van der Waals surface area contributed by atoms with Crippen LogP contribution in [0.4, 0.5) is 5.69 Å². The zero-order chi connectivity index (χ0) is 25.6. The first-order valence-electron chi connectivity index (χ1n) is 11.1. The van der Waals surface area contributed by atoms with E-state index in [1.54, 1.807) is 23.9 Å². The molecule has 3 N–H and O–H groups in total. The molecule has 0 saturated carbocycles. The predicted molar refractivity (Wildman–Crippen MR) is 137 cm³/mol. The molecular formula is C24H29N3O6S2. The molecular weight excluding hydrogens is 490 g/mol. The number of nitrogens with zero attached hydrogens (tertiary/aromatic N) is 1. The van der Waals surface area contributed by atoms with Crippen LogP contribution in [0.1, 0.15) is 25.0 Å². The van der Waals surface area contributed by atoms with Gasteiger partial charge in [0, 0.05) is 5.25 Å². The van der Waals surface area contributed by atoms with E-state index in [-0.39, 0.29) is 23.4 Å². The van der Waals surface area contributed by atoms with E-state index in [1.807, 2.05) is 42.0 Å². The number of methoxy groups -OCH3 is 1. The van der Waals surface area contributed by atoms with Crippen LogP contribution >= 0.6 is 11.8 Å². The van der Waals surface area contributed by atoms with E-state index in [4.69, 9.17) is 14.3 Å². The molecule has 1 aliphatic heterocycles. The summed E-state index contributed by atoms with van der Waals surface area (Å²) in [6, 6.07) is 15.3. The normalized spacial score (nSPS) is 19.4. The van der Waals surface area contributed by atoms with Crippen molar-refractivity contribution >= 4 is 44.7 Å². The van der Waals surface area contributed by atoms with Gasteiger partial charge in [0.1, 0.15) is 5.92 Å². The van der Waals surface area contributed by atoms with Gasteiger partial charge in [-0.15, -0.1) is 11.8 Å². The van der Waals surface area contributed by atoms with Crippen molar-refractivity contribution in [3.05, 3.63) is 65.7 Å². The Balaban J connectivity index is 1.81. The highest BCUT2D eigenvalue weighted by atomic mass is 32.2. The maximum atomic E-state index is 13.3. The van der Waals surface area contributed by atoms with Gasteiger partial charge in [-0.05, 0) is 43.0 Å². The largest absolute Gasteiger partial charge is 0.468 e. The number of esters is 1. The van der Waals surface area contributed by atoms with E-state index < -0.39 is 34.1 Å². The monoisotopic (exact) mass is 519 g/mol. The lowest BCUT2D eigenvalue weighted by molar-refractivity contribution is -0.150. The second kappa shape index (κ2) is 11.7. The summed E-state index contributed by atoms with van der Waals surface area (Å²) in [5.41, 5.74) is 1.86. The molecule has 2 unspecified atom stereocenters. The Bertz CT molecular complexity index is 1170. The highest BCUT2D eigenvalue weighted by Gasteiger charge is 2.34. The summed E-state index contributed by atoms with van der Waals surface area (Å²) in [5.74, 6) is -2.09. The van der Waals surface area contributed by atoms with Gasteiger partial charge in [0.15, 0.2) is 0 Å². The first-order chi connectivity index (χ1) is 16.6. The second-order valence-electron chi connectivity index (χ2n) is 8.34. The summed E-state index contributed by atoms with van der Waals surface area (Å²) in [5, 5.41) is 4.00. The topological polar surface area (TPSA) is 134 Å². The molecule has 1 amide bonds. The fraction of sp³-hybridized carbons (Fsp3) is 0.375. The molecule has 35 heavy (non-hydrogen) atoms. The lowest BCUT2D eigenvalue weighted by atomic mass is 9.97. The number of benzene rings is 2. The Hall–Kier alpha value is -2.89. The molecule has 0 bridgehead atoms. The van der Waals surface area contributed by atoms with Gasteiger partial charge in [-0.2, -0.15) is 8.42 Å². The minimum absolute atomic E-state index is 0.0801. The van der Waals surface area contributed by atoms with Crippen molar-refractivity contribution in [1.82, 2.24) is 5.32 Å². The number of amides is 1. The molecule has 2 aromatic carbocycles. The fourth-order valence-electron chi connectivity index (χ4n) is 3.64. The van der Waals surface area contributed by atoms with Crippen LogP contribution in [0.3, 0.4) is 0 Å². The van der Waals surface area contributed by atoms with Crippen molar-refractivity contribution in [1.29, 1.82) is 0 Å². The van der Waals surface area contributed by atoms with Gasteiger partial charge >= 0.3 is 16.3 Å². The number of aliphatic imine (C=N–C) groups is 1. The molecule has 0 spiro atoms. The molecule has 0 fully saturated rings. The van der Waals surface area contributed by atoms with Gasteiger partial charge in [-0.1, -0.05) is 49.4 Å². The lowest BCUT2D eigenvalue weighted by Gasteiger charge is -2.22. The van der Waals surface area contributed by atoms with Crippen LogP contribution < -0.4 is 10.0 Å². The third-order valence-electron chi connectivity index (χ3n) is 5.66. The van der Waals surface area contributed by atoms with E-state index in [0.717, 1.165) is 16.2 Å². The van der Waals surface area contributed by atoms with Crippen molar-refractivity contribution in [2.75, 3.05) is 11.8 Å². The highest BCUT2D eigenvalue weighted by molar-refractivity contribution is 8.14. The molecule has 4 atom stereocenters. The SMILES string of the molecule is COC(=O)[C@@H](Cc1ccccc1)C(=O)N[C@@H](Cc1ccc(NS(=O)(=O)O)cc1)C1=NC(C)C(C)S1. The third kappa shape index (κ3) is 7.81. The number of nitrogens with one attached hydrogen (secondary N) is 2. The third-order valence-corrected chi connectivity index (χ3v) is 7.55. The molecule has 1 heterocycles. The number of thioether (sulfide) groups is 1. The van der Waals surface area contributed by atoms with Gasteiger partial charge in [0.05, 0.1) is 29.9 Å². The quantitative estimate of drug-likeness (QED) is 0.250. The maximum absolute atomic E-state index is 13.3. The van der Waals surface area contributed by atoms with Crippen molar-refractivity contribution in [3.8, 4) is 0 Å². The zero-order valence-corrected chi connectivity index (χ0v) is 21.3. The van der Waals surface area contributed by atoms with E-state index in [2.05, 4.69) is 12.2 Å². The van der Waals surface area contributed by atoms with E-state index in [1.165, 1.54) is 19.2 Å². The number of anilines is 1. The zero-order valence-electron chi connectivity index (χ0n) is 19.7. The van der Waals surface area contributed by atoms with Crippen LogP contribution in [0.25, 0.3) is 0 Å². The molecule has 1 aliphatic rings. The minimum atomic E-state index is -4.37. The summed E-state index contributed by atoms with van der Waals surface area (Å²) in [4.78, 5) is 30.5. The number of hydrogen-bond acceptors (Lipinski definition) is 7. The van der Waals surface area contributed by atoms with Gasteiger partial charge in [0.2, 0.25) is 5.91 Å². The molecule has 9 nitrogen and oxygen atoms in total. The number of ether oxygens (including phenoxy) is 1. The first kappa shape index (κ1) is 26.7. The Morgan fingerprint density at radius 1 is 1.06 bits per heavy atom. The van der Waals surface area contributed by atoms with Crippen LogP contribution in [-0.2, 0) is 37.5 Å². The van der Waals surface area contributed by atoms with Crippen molar-refractivity contribution in [2.24, 2.45) is 10.9 Å². The van der Waals surface area contributed by atoms with Gasteiger partial charge in [-0.25, -0.2) is 0 Å². The molecule has 0 aromatic heterocycles. The number of hydrogen-bond donors (Lipinski definition) is 3. The summed E-state index contributed by atoms with van der Waals surface area (Å²) >= 11 is 1.58. The van der Waals surface area contributed by atoms with Gasteiger partial charge < -0.3 is 10.1 Å². The number of carbonyl (C=O) groups is 2. The Morgan fingerprint density at radius 3 is 2.23 bits per heavy atom. The van der Waals surface area contributed by atoms with Gasteiger partial charge in [0.25, 0.3) is 0 Å². The standard InChI is InChI=1S/C24H29N3O6S2/c1-15-16(2)34-23(25-15)21(14-18-9-11-19(12-10-18)27-35(30,31)32)26-22(28)20(24(29)33-3)13-17-7-5-4-6-8-17/h4-12,15-16,20-21,27H,13-14H2,1-3H3,(H,26,28)(H,30,31,32)/t15?,16?,20-,21-/m0/s1. The van der Waals surface area contributed by atoms with Crippen LogP contribution in [0.2, 0.25) is 0 Å². The van der Waals surface area contributed by atoms with E-state index in [0.29, 0.717) is 6.42 Å². The van der Waals surface area contributed by atoms with Gasteiger partial charge in [-0.3, -0.25) is 23.9 Å². The van der Waals surface area contributed by atoms with Crippen molar-refractivity contribution in [3.63, 3.8) is 0 Å². The molecule has 3 rings (SSSR count). The molecule has 0 radical (unpaired) electrons. The summed E-state index contributed by atoms with van der Waals surface area (Å²) in [7, 11) is -3.12. The van der Waals surface area contributed by atoms with Crippen LogP contribution in [0.15, 0.2) is 59.6 Å². The average Bonchev–Trinajstić information content (AvgIpc) is 3.15. The van der Waals surface area contributed by atoms with E-state index in [9.17, 15) is 18.0 Å². The molecule has 11 heteroatoms. The smallest absolute Gasteiger partial charge is 0.357 e. The Labute approximate surface area is 209 Å². The molecule has 0 aliphatic carbocycles. The molecule has 2 aromatic rings. The maximum Gasteiger partial charge on any atom is 0.357 e. The molecule has 0 saturated heterocycles. The van der Waals surface area contributed by atoms with Crippen LogP contribution in [-0.4, -0.2) is 54.3 Å². The minimum Gasteiger partial charge on any atom is -0.468 e. The molecule has 188 valence electrons. The average molecular weight is 520 g/mol. The second-order valence-corrected chi connectivity index (χ2v) is 10.9. The van der Waals surface area contributed by atoms with Crippen molar-refractivity contribution in [2.45, 2.75) is 44.0 Å². The fourth-order valence-corrected chi connectivity index (χ4v) is 5.24. The lowest BCUT2D eigenvalue weighted by Crippen LogP contribution is -2.46. The first-order valence-corrected chi connectivity index (χ1v) is 13.4. The Kier molecular flexibility index (Phi) is 8.92. The Morgan fingerprint density at radius 2 is 1.69 bits per heavy atom. The summed E-state index contributed by atoms with van der Waals surface area (Å²) in [6.45, 7) is 4.07. The summed E-state index contributed by atoms with van der Waals surface area (Å²) < 4.78 is 37.9. The van der Waals surface area contributed by atoms with Crippen LogP contribution in [0.5, 0.6) is 0 Å². The van der Waals surface area contributed by atoms with Crippen LogP contribution in [0, 0.1) is 5.92 Å². The van der Waals surface area contributed by atoms with Crippen molar-refractivity contribution < 1.29 is 27.3 Å².